The SMILES string of the molecule is CCC1(C(=O)Nc2cc(C(=O)OC)ccc2C)CCCN1.Cl. The van der Waals surface area contributed by atoms with Gasteiger partial charge in [0.05, 0.1) is 18.2 Å². The first-order valence-electron chi connectivity index (χ1n) is 7.28. The molecule has 5 nitrogen and oxygen atoms in total. The van der Waals surface area contributed by atoms with E-state index < -0.39 is 11.5 Å². The Kier molecular flexibility index (Phi) is 6.38. The first-order chi connectivity index (χ1) is 10.0. The third-order valence-electron chi connectivity index (χ3n) is 4.19. The summed E-state index contributed by atoms with van der Waals surface area (Å²) in [6.07, 6.45) is 2.59. The Hall–Kier alpha value is -1.59. The van der Waals surface area contributed by atoms with Crippen molar-refractivity contribution in [3.05, 3.63) is 29.3 Å². The standard InChI is InChI=1S/C16H22N2O3.ClH/c1-4-16(8-5-9-17-16)15(20)18-13-10-12(14(19)21-3)7-6-11(13)2;/h6-7,10,17H,4-5,8-9H2,1-3H3,(H,18,20);1H. The van der Waals surface area contributed by atoms with Crippen LogP contribution in [0.2, 0.25) is 0 Å². The van der Waals surface area contributed by atoms with Gasteiger partial charge in [0.15, 0.2) is 0 Å². The molecule has 1 aromatic rings. The zero-order chi connectivity index (χ0) is 15.5. The lowest BCUT2D eigenvalue weighted by molar-refractivity contribution is -0.122. The molecule has 1 atom stereocenters. The smallest absolute Gasteiger partial charge is 0.337 e. The van der Waals surface area contributed by atoms with Gasteiger partial charge in [-0.2, -0.15) is 0 Å². The number of amides is 1. The highest BCUT2D eigenvalue weighted by atomic mass is 35.5. The number of benzene rings is 1. The Morgan fingerprint density at radius 3 is 2.68 bits per heavy atom. The monoisotopic (exact) mass is 326 g/mol. The topological polar surface area (TPSA) is 67.4 Å². The number of nitrogens with one attached hydrogen (secondary N) is 2. The minimum Gasteiger partial charge on any atom is -0.465 e. The van der Waals surface area contributed by atoms with Gasteiger partial charge in [0.1, 0.15) is 0 Å². The summed E-state index contributed by atoms with van der Waals surface area (Å²) in [6.45, 7) is 4.77. The third-order valence-corrected chi connectivity index (χ3v) is 4.19. The van der Waals surface area contributed by atoms with Crippen molar-refractivity contribution in [2.75, 3.05) is 19.0 Å². The predicted molar refractivity (Wildman–Crippen MR) is 88.7 cm³/mol. The van der Waals surface area contributed by atoms with E-state index >= 15 is 0 Å². The second kappa shape index (κ2) is 7.61. The van der Waals surface area contributed by atoms with Gasteiger partial charge in [0.25, 0.3) is 0 Å². The van der Waals surface area contributed by atoms with Crippen LogP contribution in [0.1, 0.15) is 42.1 Å². The lowest BCUT2D eigenvalue weighted by atomic mass is 9.93. The molecule has 2 N–H and O–H groups in total. The molecular weight excluding hydrogens is 304 g/mol. The Balaban J connectivity index is 0.00000242. The molecule has 1 aliphatic rings. The van der Waals surface area contributed by atoms with Gasteiger partial charge in [-0.05, 0) is 50.4 Å². The molecule has 0 saturated carbocycles. The number of ether oxygens (including phenoxy) is 1. The van der Waals surface area contributed by atoms with Gasteiger partial charge in [0.2, 0.25) is 5.91 Å². The van der Waals surface area contributed by atoms with Crippen molar-refractivity contribution in [2.24, 2.45) is 0 Å². The van der Waals surface area contributed by atoms with Crippen LogP contribution in [0.5, 0.6) is 0 Å². The number of carbonyl (C=O) groups excluding carboxylic acids is 2. The molecule has 0 spiro atoms. The Bertz CT molecular complexity index is 554. The first kappa shape index (κ1) is 18.5. The normalized spacial score (nSPS) is 20.1. The summed E-state index contributed by atoms with van der Waals surface area (Å²) < 4.78 is 4.71. The number of carbonyl (C=O) groups is 2. The molecule has 0 aliphatic carbocycles. The maximum Gasteiger partial charge on any atom is 0.337 e. The van der Waals surface area contributed by atoms with Crippen LogP contribution in [0.3, 0.4) is 0 Å². The van der Waals surface area contributed by atoms with E-state index in [9.17, 15) is 9.59 Å². The van der Waals surface area contributed by atoms with Crippen molar-refractivity contribution in [3.63, 3.8) is 0 Å². The van der Waals surface area contributed by atoms with Crippen LogP contribution in [-0.4, -0.2) is 31.1 Å². The van der Waals surface area contributed by atoms with E-state index in [1.807, 2.05) is 19.9 Å². The van der Waals surface area contributed by atoms with Gasteiger partial charge in [-0.25, -0.2) is 4.79 Å². The van der Waals surface area contributed by atoms with Crippen molar-refractivity contribution in [1.29, 1.82) is 0 Å². The van der Waals surface area contributed by atoms with E-state index in [2.05, 4.69) is 10.6 Å². The Morgan fingerprint density at radius 1 is 1.41 bits per heavy atom. The second-order valence-electron chi connectivity index (χ2n) is 5.44. The van der Waals surface area contributed by atoms with E-state index in [0.29, 0.717) is 11.3 Å². The van der Waals surface area contributed by atoms with E-state index in [1.165, 1.54) is 7.11 Å². The maximum atomic E-state index is 12.6. The fourth-order valence-corrected chi connectivity index (χ4v) is 2.71. The van der Waals surface area contributed by atoms with Crippen LogP contribution < -0.4 is 10.6 Å². The first-order valence-corrected chi connectivity index (χ1v) is 7.28. The van der Waals surface area contributed by atoms with Gasteiger partial charge >= 0.3 is 5.97 Å². The summed E-state index contributed by atoms with van der Waals surface area (Å²) in [5.74, 6) is -0.442. The minimum absolute atomic E-state index is 0. The molecule has 22 heavy (non-hydrogen) atoms. The highest BCUT2D eigenvalue weighted by molar-refractivity contribution is 6.00. The molecule has 122 valence electrons. The molecule has 1 unspecified atom stereocenters. The number of hydrogen-bond acceptors (Lipinski definition) is 4. The molecule has 1 aliphatic heterocycles. The molecule has 0 aromatic heterocycles. The van der Waals surface area contributed by atoms with Gasteiger partial charge in [-0.3, -0.25) is 4.79 Å². The lowest BCUT2D eigenvalue weighted by Gasteiger charge is -2.27. The zero-order valence-corrected chi connectivity index (χ0v) is 14.0. The number of esters is 1. The largest absolute Gasteiger partial charge is 0.465 e. The summed E-state index contributed by atoms with van der Waals surface area (Å²) in [6, 6.07) is 5.17. The number of rotatable bonds is 4. The van der Waals surface area contributed by atoms with Gasteiger partial charge in [-0.15, -0.1) is 12.4 Å². The van der Waals surface area contributed by atoms with E-state index in [0.717, 1.165) is 31.4 Å². The lowest BCUT2D eigenvalue weighted by Crippen LogP contribution is -2.50. The highest BCUT2D eigenvalue weighted by Crippen LogP contribution is 2.26. The number of aryl methyl sites for hydroxylation is 1. The summed E-state index contributed by atoms with van der Waals surface area (Å²) in [5, 5.41) is 6.26. The second-order valence-corrected chi connectivity index (χ2v) is 5.44. The molecule has 6 heteroatoms. The van der Waals surface area contributed by atoms with E-state index in [1.54, 1.807) is 12.1 Å². The zero-order valence-electron chi connectivity index (χ0n) is 13.2. The Labute approximate surface area is 137 Å². The molecule has 1 heterocycles. The summed E-state index contributed by atoms with van der Waals surface area (Å²) in [7, 11) is 1.34. The van der Waals surface area contributed by atoms with Crippen LogP contribution in [0, 0.1) is 6.92 Å². The van der Waals surface area contributed by atoms with Crippen molar-refractivity contribution >= 4 is 30.0 Å². The van der Waals surface area contributed by atoms with Gasteiger partial charge < -0.3 is 15.4 Å². The van der Waals surface area contributed by atoms with Gasteiger partial charge in [0, 0.05) is 5.69 Å². The predicted octanol–water partition coefficient (Wildman–Crippen LogP) is 2.67. The average Bonchev–Trinajstić information content (AvgIpc) is 2.98. The Morgan fingerprint density at radius 2 is 2.14 bits per heavy atom. The quantitative estimate of drug-likeness (QED) is 0.835. The van der Waals surface area contributed by atoms with Crippen LogP contribution >= 0.6 is 12.4 Å². The molecule has 1 amide bonds. The third kappa shape index (κ3) is 3.59. The molecule has 0 bridgehead atoms. The number of anilines is 1. The number of methoxy groups -OCH3 is 1. The minimum atomic E-state index is -0.492. The van der Waals surface area contributed by atoms with Gasteiger partial charge in [-0.1, -0.05) is 13.0 Å². The van der Waals surface area contributed by atoms with Crippen molar-refractivity contribution in [2.45, 2.75) is 38.6 Å². The molecule has 0 radical (unpaired) electrons. The molecule has 1 aromatic carbocycles. The van der Waals surface area contributed by atoms with Crippen molar-refractivity contribution in [1.82, 2.24) is 5.32 Å². The average molecular weight is 327 g/mol. The molecule has 1 fully saturated rings. The molecule has 1 saturated heterocycles. The van der Waals surface area contributed by atoms with Crippen LogP contribution in [0.15, 0.2) is 18.2 Å². The van der Waals surface area contributed by atoms with Crippen LogP contribution in [-0.2, 0) is 9.53 Å². The fourth-order valence-electron chi connectivity index (χ4n) is 2.71. The maximum absolute atomic E-state index is 12.6. The van der Waals surface area contributed by atoms with Crippen LogP contribution in [0.4, 0.5) is 5.69 Å². The molecular formula is C16H23ClN2O3. The molecule has 2 rings (SSSR count). The summed E-state index contributed by atoms with van der Waals surface area (Å²) >= 11 is 0. The van der Waals surface area contributed by atoms with Crippen molar-refractivity contribution in [3.8, 4) is 0 Å². The van der Waals surface area contributed by atoms with E-state index in [4.69, 9.17) is 4.74 Å². The van der Waals surface area contributed by atoms with Crippen molar-refractivity contribution < 1.29 is 14.3 Å². The fraction of sp³-hybridized carbons (Fsp3) is 0.500. The highest BCUT2D eigenvalue weighted by Gasteiger charge is 2.39. The number of halogens is 1. The number of hydrogen-bond donors (Lipinski definition) is 2. The van der Waals surface area contributed by atoms with E-state index in [-0.39, 0.29) is 18.3 Å². The van der Waals surface area contributed by atoms with Crippen LogP contribution in [0.25, 0.3) is 0 Å². The summed E-state index contributed by atoms with van der Waals surface area (Å²) in [4.78, 5) is 24.2. The summed E-state index contributed by atoms with van der Waals surface area (Å²) in [5.41, 5.74) is 1.52.